The average Bonchev–Trinajstić information content (AvgIpc) is 2.49. The van der Waals surface area contributed by atoms with E-state index in [1.165, 1.54) is 12.1 Å². The Kier molecular flexibility index (Phi) is 5.00. The van der Waals surface area contributed by atoms with Crippen LogP contribution in [0.15, 0.2) is 43.0 Å². The molecular formula is C18H12F4. The van der Waals surface area contributed by atoms with E-state index in [4.69, 9.17) is 0 Å². The van der Waals surface area contributed by atoms with Crippen LogP contribution in [0.3, 0.4) is 0 Å². The van der Waals surface area contributed by atoms with Crippen LogP contribution in [-0.4, -0.2) is 0 Å². The Balaban J connectivity index is 2.26. The van der Waals surface area contributed by atoms with Gasteiger partial charge in [-0.2, -0.15) is 0 Å². The van der Waals surface area contributed by atoms with E-state index in [1.54, 1.807) is 12.1 Å². The van der Waals surface area contributed by atoms with Gasteiger partial charge < -0.3 is 0 Å². The molecule has 112 valence electrons. The lowest BCUT2D eigenvalue weighted by molar-refractivity contribution is 0.446. The predicted octanol–water partition coefficient (Wildman–Crippen LogP) is 4.76. The number of allylic oxidation sites excluding steroid dienone is 1. The Morgan fingerprint density at radius 1 is 0.909 bits per heavy atom. The molecule has 0 aliphatic rings. The molecule has 22 heavy (non-hydrogen) atoms. The highest BCUT2D eigenvalue weighted by atomic mass is 19.2. The highest BCUT2D eigenvalue weighted by Crippen LogP contribution is 2.14. The van der Waals surface area contributed by atoms with Gasteiger partial charge in [-0.15, -0.1) is 6.58 Å². The molecule has 0 amide bonds. The lowest BCUT2D eigenvalue weighted by Gasteiger charge is -2.00. The predicted molar refractivity (Wildman–Crippen MR) is 77.2 cm³/mol. The second-order valence-corrected chi connectivity index (χ2v) is 4.65. The number of halogens is 4. The maximum absolute atomic E-state index is 13.9. The summed E-state index contributed by atoms with van der Waals surface area (Å²) in [6.07, 6.45) is 3.14. The van der Waals surface area contributed by atoms with Crippen LogP contribution in [0.5, 0.6) is 0 Å². The van der Waals surface area contributed by atoms with Gasteiger partial charge >= 0.3 is 0 Å². The van der Waals surface area contributed by atoms with Crippen LogP contribution in [0.25, 0.3) is 0 Å². The van der Waals surface area contributed by atoms with Crippen molar-refractivity contribution in [1.29, 1.82) is 0 Å². The first-order chi connectivity index (χ1) is 10.5. The Morgan fingerprint density at radius 3 is 2.18 bits per heavy atom. The maximum Gasteiger partial charge on any atom is 0.194 e. The molecule has 0 aromatic heterocycles. The summed E-state index contributed by atoms with van der Waals surface area (Å²) < 4.78 is 52.8. The average molecular weight is 304 g/mol. The first-order valence-corrected chi connectivity index (χ1v) is 6.57. The zero-order valence-corrected chi connectivity index (χ0v) is 11.6. The lowest BCUT2D eigenvalue weighted by atomic mass is 10.1. The Morgan fingerprint density at radius 2 is 1.59 bits per heavy atom. The van der Waals surface area contributed by atoms with E-state index in [2.05, 4.69) is 18.4 Å². The fourth-order valence-corrected chi connectivity index (χ4v) is 1.85. The van der Waals surface area contributed by atoms with Gasteiger partial charge in [0.1, 0.15) is 5.82 Å². The molecule has 0 saturated heterocycles. The Labute approximate surface area is 126 Å². The van der Waals surface area contributed by atoms with Crippen molar-refractivity contribution in [2.75, 3.05) is 0 Å². The normalized spacial score (nSPS) is 10.0. The third-order valence-corrected chi connectivity index (χ3v) is 3.00. The van der Waals surface area contributed by atoms with Crippen LogP contribution in [-0.2, 0) is 6.42 Å². The number of rotatable bonds is 3. The zero-order chi connectivity index (χ0) is 16.1. The molecule has 0 fully saturated rings. The number of benzene rings is 2. The molecule has 2 rings (SSSR count). The van der Waals surface area contributed by atoms with E-state index >= 15 is 0 Å². The summed E-state index contributed by atoms with van der Waals surface area (Å²) in [6.45, 7) is 3.60. The van der Waals surface area contributed by atoms with E-state index in [9.17, 15) is 17.6 Å². The van der Waals surface area contributed by atoms with Crippen molar-refractivity contribution in [3.63, 3.8) is 0 Å². The van der Waals surface area contributed by atoms with Crippen LogP contribution in [0, 0.1) is 35.1 Å². The molecule has 2 aromatic carbocycles. The van der Waals surface area contributed by atoms with Gasteiger partial charge in [-0.1, -0.05) is 24.0 Å². The second-order valence-electron chi connectivity index (χ2n) is 4.65. The fraction of sp³-hybridized carbons (Fsp3) is 0.111. The molecule has 0 radical (unpaired) electrons. The molecule has 0 aliphatic carbocycles. The second kappa shape index (κ2) is 6.95. The van der Waals surface area contributed by atoms with Crippen molar-refractivity contribution in [2.24, 2.45) is 0 Å². The molecule has 0 saturated carbocycles. The Hall–Kier alpha value is -2.54. The molecule has 0 atom stereocenters. The van der Waals surface area contributed by atoms with Crippen molar-refractivity contribution in [3.8, 4) is 11.8 Å². The highest BCUT2D eigenvalue weighted by molar-refractivity contribution is 5.44. The summed E-state index contributed by atoms with van der Waals surface area (Å²) in [5.41, 5.74) is 0.848. The molecule has 4 heteroatoms. The summed E-state index contributed by atoms with van der Waals surface area (Å²) in [4.78, 5) is 0. The van der Waals surface area contributed by atoms with Gasteiger partial charge in [0.15, 0.2) is 17.5 Å². The quantitative estimate of drug-likeness (QED) is 0.332. The van der Waals surface area contributed by atoms with Crippen molar-refractivity contribution < 1.29 is 17.6 Å². The molecule has 0 spiro atoms. The molecule has 0 nitrogen and oxygen atoms in total. The molecule has 0 bridgehead atoms. The minimum absolute atomic E-state index is 0.0634. The van der Waals surface area contributed by atoms with Crippen molar-refractivity contribution >= 4 is 0 Å². The minimum atomic E-state index is -1.55. The van der Waals surface area contributed by atoms with Gasteiger partial charge in [-0.3, -0.25) is 0 Å². The highest BCUT2D eigenvalue weighted by Gasteiger charge is 2.09. The van der Waals surface area contributed by atoms with Gasteiger partial charge in [0.25, 0.3) is 0 Å². The Bertz CT molecular complexity index is 743. The molecule has 0 heterocycles. The minimum Gasteiger partial charge on any atom is -0.206 e. The number of hydrogen-bond donors (Lipinski definition) is 0. The van der Waals surface area contributed by atoms with Crippen molar-refractivity contribution in [3.05, 3.63) is 82.9 Å². The van der Waals surface area contributed by atoms with Crippen LogP contribution in [0.1, 0.15) is 23.1 Å². The SMILES string of the molecule is C=CCCc1ccc(C#Cc2cc(F)c(F)c(F)c2)c(F)c1. The van der Waals surface area contributed by atoms with Crippen LogP contribution < -0.4 is 0 Å². The van der Waals surface area contributed by atoms with E-state index in [0.717, 1.165) is 24.1 Å². The summed E-state index contributed by atoms with van der Waals surface area (Å²) >= 11 is 0. The summed E-state index contributed by atoms with van der Waals surface area (Å²) in [5, 5.41) is 0. The topological polar surface area (TPSA) is 0 Å². The maximum atomic E-state index is 13.9. The standard InChI is InChI=1S/C18H12F4/c1-2-3-4-12-5-7-14(15(19)9-12)8-6-13-10-16(20)18(22)17(21)11-13/h2,5,7,9-11H,1,3-4H2. The summed E-state index contributed by atoms with van der Waals surface area (Å²) in [5.74, 6) is 0.179. The molecule has 2 aromatic rings. The van der Waals surface area contributed by atoms with Crippen LogP contribution in [0.2, 0.25) is 0 Å². The molecular weight excluding hydrogens is 292 g/mol. The zero-order valence-electron chi connectivity index (χ0n) is 11.6. The lowest BCUT2D eigenvalue weighted by Crippen LogP contribution is -1.92. The van der Waals surface area contributed by atoms with E-state index < -0.39 is 23.3 Å². The van der Waals surface area contributed by atoms with Gasteiger partial charge in [-0.05, 0) is 42.7 Å². The van der Waals surface area contributed by atoms with Crippen molar-refractivity contribution in [2.45, 2.75) is 12.8 Å². The van der Waals surface area contributed by atoms with Crippen LogP contribution in [0.4, 0.5) is 17.6 Å². The van der Waals surface area contributed by atoms with E-state index in [-0.39, 0.29) is 11.1 Å². The van der Waals surface area contributed by atoms with E-state index in [1.807, 2.05) is 0 Å². The van der Waals surface area contributed by atoms with Crippen molar-refractivity contribution in [1.82, 2.24) is 0 Å². The molecule has 0 unspecified atom stereocenters. The third kappa shape index (κ3) is 3.76. The third-order valence-electron chi connectivity index (χ3n) is 3.00. The first-order valence-electron chi connectivity index (χ1n) is 6.57. The molecule has 0 N–H and O–H groups in total. The van der Waals surface area contributed by atoms with Gasteiger partial charge in [0, 0.05) is 5.56 Å². The van der Waals surface area contributed by atoms with Gasteiger partial charge in [0.05, 0.1) is 5.56 Å². The first kappa shape index (κ1) is 15.8. The monoisotopic (exact) mass is 304 g/mol. The van der Waals surface area contributed by atoms with Gasteiger partial charge in [-0.25, -0.2) is 17.6 Å². The number of aryl methyl sites for hydroxylation is 1. The summed E-state index contributed by atoms with van der Waals surface area (Å²) in [6, 6.07) is 6.11. The van der Waals surface area contributed by atoms with E-state index in [0.29, 0.717) is 6.42 Å². The smallest absolute Gasteiger partial charge is 0.194 e. The van der Waals surface area contributed by atoms with Gasteiger partial charge in [0.2, 0.25) is 0 Å². The largest absolute Gasteiger partial charge is 0.206 e. The van der Waals surface area contributed by atoms with Crippen LogP contribution >= 0.6 is 0 Å². The fourth-order valence-electron chi connectivity index (χ4n) is 1.85. The molecule has 0 aliphatic heterocycles. The summed E-state index contributed by atoms with van der Waals surface area (Å²) in [7, 11) is 0. The number of hydrogen-bond acceptors (Lipinski definition) is 0.